The maximum atomic E-state index is 11.0. The Morgan fingerprint density at radius 1 is 1.41 bits per heavy atom. The second-order valence-corrected chi connectivity index (χ2v) is 4.18. The van der Waals surface area contributed by atoms with Crippen LogP contribution in [-0.2, 0) is 4.74 Å². The zero-order valence-corrected chi connectivity index (χ0v) is 10.4. The molecular formula is C13H17NO3. The number of carbonyl (C=O) groups is 1. The summed E-state index contributed by atoms with van der Waals surface area (Å²) in [5.74, 6) is 0.894. The molecule has 0 radical (unpaired) electrons. The maximum absolute atomic E-state index is 11.0. The van der Waals surface area contributed by atoms with Gasteiger partial charge in [-0.1, -0.05) is 0 Å². The number of benzene rings is 1. The normalized spacial score (nSPS) is 18.8. The van der Waals surface area contributed by atoms with Crippen molar-refractivity contribution in [1.82, 2.24) is 5.32 Å². The van der Waals surface area contributed by atoms with Gasteiger partial charge in [-0.2, -0.15) is 0 Å². The third-order valence-electron chi connectivity index (χ3n) is 2.89. The van der Waals surface area contributed by atoms with Gasteiger partial charge in [0, 0.05) is 0 Å². The smallest absolute Gasteiger partial charge is 0.407 e. The third kappa shape index (κ3) is 2.35. The highest BCUT2D eigenvalue weighted by atomic mass is 16.6. The molecule has 1 unspecified atom stereocenters. The van der Waals surface area contributed by atoms with Gasteiger partial charge in [0.25, 0.3) is 0 Å². The summed E-state index contributed by atoms with van der Waals surface area (Å²) < 4.78 is 10.7. The van der Waals surface area contributed by atoms with Crippen LogP contribution in [0.5, 0.6) is 5.75 Å². The van der Waals surface area contributed by atoms with Crippen molar-refractivity contribution in [2.45, 2.75) is 26.9 Å². The number of amides is 1. The number of rotatable bonds is 3. The Balaban J connectivity index is 2.29. The van der Waals surface area contributed by atoms with E-state index in [-0.39, 0.29) is 12.2 Å². The van der Waals surface area contributed by atoms with E-state index in [1.165, 1.54) is 0 Å². The maximum Gasteiger partial charge on any atom is 0.407 e. The first-order valence-corrected chi connectivity index (χ1v) is 5.80. The van der Waals surface area contributed by atoms with Crippen molar-refractivity contribution in [1.29, 1.82) is 0 Å². The molecule has 0 spiro atoms. The van der Waals surface area contributed by atoms with Gasteiger partial charge in [0.05, 0.1) is 13.2 Å². The average Bonchev–Trinajstić information content (AvgIpc) is 2.70. The molecule has 0 aliphatic carbocycles. The standard InChI is InChI=1S/C13H17NO3/c1-4-16-11-6-8(2)10(5-9(11)3)12-7-14-13(15)17-12/h5-6,12H,4,7H2,1-3H3,(H,14,15). The summed E-state index contributed by atoms with van der Waals surface area (Å²) >= 11 is 0. The van der Waals surface area contributed by atoms with Gasteiger partial charge in [0.15, 0.2) is 0 Å². The largest absolute Gasteiger partial charge is 0.494 e. The molecule has 1 heterocycles. The lowest BCUT2D eigenvalue weighted by atomic mass is 10.00. The SMILES string of the molecule is CCOc1cc(C)c(C2CNC(=O)O2)cc1C. The van der Waals surface area contributed by atoms with Crippen LogP contribution in [-0.4, -0.2) is 19.2 Å². The summed E-state index contributed by atoms with van der Waals surface area (Å²) in [7, 11) is 0. The van der Waals surface area contributed by atoms with Crippen molar-refractivity contribution in [2.24, 2.45) is 0 Å². The summed E-state index contributed by atoms with van der Waals surface area (Å²) in [6, 6.07) is 4.03. The number of hydrogen-bond acceptors (Lipinski definition) is 3. The molecule has 1 aromatic rings. The molecule has 0 aromatic heterocycles. The monoisotopic (exact) mass is 235 g/mol. The lowest BCUT2D eigenvalue weighted by molar-refractivity contribution is 0.141. The quantitative estimate of drug-likeness (QED) is 0.875. The molecule has 1 aliphatic heterocycles. The van der Waals surface area contributed by atoms with Crippen molar-refractivity contribution in [3.05, 3.63) is 28.8 Å². The molecule has 1 N–H and O–H groups in total. The van der Waals surface area contributed by atoms with Crippen LogP contribution < -0.4 is 10.1 Å². The van der Waals surface area contributed by atoms with Crippen LogP contribution in [0.2, 0.25) is 0 Å². The predicted molar refractivity (Wildman–Crippen MR) is 64.3 cm³/mol. The Morgan fingerprint density at radius 3 is 2.76 bits per heavy atom. The minimum Gasteiger partial charge on any atom is -0.494 e. The second kappa shape index (κ2) is 4.65. The van der Waals surface area contributed by atoms with Crippen molar-refractivity contribution in [3.63, 3.8) is 0 Å². The Kier molecular flexibility index (Phi) is 3.22. The van der Waals surface area contributed by atoms with Crippen LogP contribution in [0.1, 0.15) is 29.7 Å². The van der Waals surface area contributed by atoms with Gasteiger partial charge in [-0.25, -0.2) is 4.79 Å². The van der Waals surface area contributed by atoms with Gasteiger partial charge in [0.1, 0.15) is 11.9 Å². The number of alkyl carbamates (subject to hydrolysis) is 1. The summed E-state index contributed by atoms with van der Waals surface area (Å²) in [5.41, 5.74) is 3.19. The Hall–Kier alpha value is -1.71. The molecule has 0 saturated carbocycles. The Bertz CT molecular complexity index is 443. The van der Waals surface area contributed by atoms with Gasteiger partial charge in [-0.15, -0.1) is 0 Å². The predicted octanol–water partition coefficient (Wildman–Crippen LogP) is 2.48. The highest BCUT2D eigenvalue weighted by molar-refractivity contribution is 5.70. The minimum atomic E-state index is -0.346. The summed E-state index contributed by atoms with van der Waals surface area (Å²) in [6.07, 6.45) is -0.530. The molecule has 4 nitrogen and oxygen atoms in total. The van der Waals surface area contributed by atoms with E-state index in [1.54, 1.807) is 0 Å². The fourth-order valence-electron chi connectivity index (χ4n) is 2.03. The van der Waals surface area contributed by atoms with E-state index in [4.69, 9.17) is 9.47 Å². The number of hydrogen-bond donors (Lipinski definition) is 1. The average molecular weight is 235 g/mol. The first-order valence-electron chi connectivity index (χ1n) is 5.80. The first-order chi connectivity index (χ1) is 8.11. The molecule has 0 bridgehead atoms. The number of nitrogens with one attached hydrogen (secondary N) is 1. The molecule has 1 aliphatic rings. The highest BCUT2D eigenvalue weighted by Crippen LogP contribution is 2.29. The Labute approximate surface area is 101 Å². The molecule has 1 atom stereocenters. The van der Waals surface area contributed by atoms with E-state index >= 15 is 0 Å². The third-order valence-corrected chi connectivity index (χ3v) is 2.89. The molecule has 2 rings (SSSR count). The van der Waals surface area contributed by atoms with Gasteiger partial charge in [0.2, 0.25) is 0 Å². The summed E-state index contributed by atoms with van der Waals surface area (Å²) in [4.78, 5) is 11.0. The Morgan fingerprint density at radius 2 is 2.18 bits per heavy atom. The van der Waals surface area contributed by atoms with Gasteiger partial charge < -0.3 is 14.8 Å². The van der Waals surface area contributed by atoms with E-state index in [9.17, 15) is 4.79 Å². The van der Waals surface area contributed by atoms with Gasteiger partial charge in [-0.05, 0) is 49.6 Å². The van der Waals surface area contributed by atoms with Crippen LogP contribution in [0.3, 0.4) is 0 Å². The van der Waals surface area contributed by atoms with E-state index in [0.29, 0.717) is 13.2 Å². The second-order valence-electron chi connectivity index (χ2n) is 4.18. The van der Waals surface area contributed by atoms with E-state index in [2.05, 4.69) is 5.32 Å². The first kappa shape index (κ1) is 11.8. The summed E-state index contributed by atoms with van der Waals surface area (Å²) in [5, 5.41) is 2.66. The topological polar surface area (TPSA) is 47.6 Å². The molecule has 1 amide bonds. The molecule has 1 aromatic carbocycles. The van der Waals surface area contributed by atoms with Crippen molar-refractivity contribution < 1.29 is 14.3 Å². The number of aryl methyl sites for hydroxylation is 2. The van der Waals surface area contributed by atoms with Crippen LogP contribution in [0.15, 0.2) is 12.1 Å². The number of ether oxygens (including phenoxy) is 2. The van der Waals surface area contributed by atoms with Crippen molar-refractivity contribution >= 4 is 6.09 Å². The van der Waals surface area contributed by atoms with Crippen molar-refractivity contribution in [2.75, 3.05) is 13.2 Å². The lowest BCUT2D eigenvalue weighted by Crippen LogP contribution is -2.12. The van der Waals surface area contributed by atoms with Crippen molar-refractivity contribution in [3.8, 4) is 5.75 Å². The lowest BCUT2D eigenvalue weighted by Gasteiger charge is -2.15. The molecule has 4 heteroatoms. The zero-order chi connectivity index (χ0) is 12.4. The van der Waals surface area contributed by atoms with E-state index in [0.717, 1.165) is 22.4 Å². The van der Waals surface area contributed by atoms with Crippen LogP contribution in [0.4, 0.5) is 4.79 Å². The molecule has 1 fully saturated rings. The number of cyclic esters (lactones) is 1. The molecule has 92 valence electrons. The highest BCUT2D eigenvalue weighted by Gasteiger charge is 2.26. The van der Waals surface area contributed by atoms with Crippen LogP contribution >= 0.6 is 0 Å². The van der Waals surface area contributed by atoms with E-state index < -0.39 is 0 Å². The molecule has 17 heavy (non-hydrogen) atoms. The van der Waals surface area contributed by atoms with E-state index in [1.807, 2.05) is 32.9 Å². The van der Waals surface area contributed by atoms with Crippen LogP contribution in [0.25, 0.3) is 0 Å². The zero-order valence-electron chi connectivity index (χ0n) is 10.4. The fraction of sp³-hybridized carbons (Fsp3) is 0.462. The number of carbonyl (C=O) groups excluding carboxylic acids is 1. The summed E-state index contributed by atoms with van der Waals surface area (Å²) in [6.45, 7) is 7.15. The van der Waals surface area contributed by atoms with Crippen LogP contribution in [0, 0.1) is 13.8 Å². The van der Waals surface area contributed by atoms with Gasteiger partial charge >= 0.3 is 6.09 Å². The molecular weight excluding hydrogens is 218 g/mol. The minimum absolute atomic E-state index is 0.183. The molecule has 1 saturated heterocycles. The fourth-order valence-corrected chi connectivity index (χ4v) is 2.03. The van der Waals surface area contributed by atoms with Gasteiger partial charge in [-0.3, -0.25) is 0 Å².